The average molecular weight is 238 g/mol. The van der Waals surface area contributed by atoms with Crippen LogP contribution in [0.5, 0.6) is 0 Å². The van der Waals surface area contributed by atoms with E-state index in [1.807, 2.05) is 0 Å². The van der Waals surface area contributed by atoms with Crippen LogP contribution in [0.15, 0.2) is 0 Å². The maximum absolute atomic E-state index is 3.54. The molecule has 100 valence electrons. The highest BCUT2D eigenvalue weighted by Crippen LogP contribution is 2.36. The first-order valence-electron chi connectivity index (χ1n) is 7.60. The van der Waals surface area contributed by atoms with Gasteiger partial charge in [0.15, 0.2) is 0 Å². The number of hydrogen-bond acceptors (Lipinski definition) is 2. The Labute approximate surface area is 107 Å². The van der Waals surface area contributed by atoms with Gasteiger partial charge in [-0.3, -0.25) is 4.90 Å². The second-order valence-corrected chi connectivity index (χ2v) is 6.45. The summed E-state index contributed by atoms with van der Waals surface area (Å²) in [6.45, 7) is 7.48. The minimum Gasteiger partial charge on any atom is -0.315 e. The summed E-state index contributed by atoms with van der Waals surface area (Å²) in [4.78, 5) is 2.78. The molecule has 17 heavy (non-hydrogen) atoms. The van der Waals surface area contributed by atoms with Gasteiger partial charge in [-0.15, -0.1) is 0 Å². The van der Waals surface area contributed by atoms with Crippen LogP contribution in [0.2, 0.25) is 0 Å². The number of hydrogen-bond donors (Lipinski definition) is 1. The molecule has 2 rings (SSSR count). The van der Waals surface area contributed by atoms with Crippen LogP contribution in [0.3, 0.4) is 0 Å². The molecule has 0 spiro atoms. The summed E-state index contributed by atoms with van der Waals surface area (Å²) in [5.74, 6) is 0. The van der Waals surface area contributed by atoms with Crippen molar-refractivity contribution >= 4 is 0 Å². The van der Waals surface area contributed by atoms with Crippen LogP contribution in [0.25, 0.3) is 0 Å². The van der Waals surface area contributed by atoms with Crippen molar-refractivity contribution in [2.24, 2.45) is 5.41 Å². The zero-order valence-electron chi connectivity index (χ0n) is 12.0. The fraction of sp³-hybridized carbons (Fsp3) is 1.00. The fourth-order valence-corrected chi connectivity index (χ4v) is 3.63. The lowest BCUT2D eigenvalue weighted by Crippen LogP contribution is -2.54. The summed E-state index contributed by atoms with van der Waals surface area (Å²) >= 11 is 0. The van der Waals surface area contributed by atoms with Gasteiger partial charge in [-0.25, -0.2) is 0 Å². The van der Waals surface area contributed by atoms with Crippen molar-refractivity contribution in [3.63, 3.8) is 0 Å². The van der Waals surface area contributed by atoms with Gasteiger partial charge < -0.3 is 5.32 Å². The molecule has 0 radical (unpaired) electrons. The fourth-order valence-electron chi connectivity index (χ4n) is 3.63. The lowest BCUT2D eigenvalue weighted by molar-refractivity contribution is 0.0511. The predicted octanol–water partition coefficient (Wildman–Crippen LogP) is 3.03. The van der Waals surface area contributed by atoms with Gasteiger partial charge in [0.2, 0.25) is 0 Å². The molecule has 2 fully saturated rings. The third-order valence-electron chi connectivity index (χ3n) is 5.43. The molecule has 0 amide bonds. The van der Waals surface area contributed by atoms with Gasteiger partial charge in [0.25, 0.3) is 0 Å². The standard InChI is InChI=1S/C15H30N2/c1-4-15(2)9-11-17(12-10-15)14-8-6-5-7-13(14)16-3/h13-14,16H,4-12H2,1-3H3. The van der Waals surface area contributed by atoms with Crippen LogP contribution in [0.4, 0.5) is 0 Å². The van der Waals surface area contributed by atoms with Gasteiger partial charge in [-0.05, 0) is 51.2 Å². The molecule has 2 nitrogen and oxygen atoms in total. The maximum Gasteiger partial charge on any atom is 0.0249 e. The Morgan fingerprint density at radius 1 is 1.18 bits per heavy atom. The van der Waals surface area contributed by atoms with Gasteiger partial charge in [-0.1, -0.05) is 33.1 Å². The van der Waals surface area contributed by atoms with Crippen molar-refractivity contribution in [1.82, 2.24) is 10.2 Å². The second-order valence-electron chi connectivity index (χ2n) is 6.45. The van der Waals surface area contributed by atoms with Crippen LogP contribution < -0.4 is 5.32 Å². The molecule has 0 aromatic rings. The Morgan fingerprint density at radius 2 is 1.82 bits per heavy atom. The average Bonchev–Trinajstić information content (AvgIpc) is 2.40. The van der Waals surface area contributed by atoms with E-state index in [2.05, 4.69) is 31.1 Å². The number of likely N-dealkylation sites (N-methyl/N-ethyl adjacent to an activating group) is 1. The van der Waals surface area contributed by atoms with Crippen molar-refractivity contribution in [1.29, 1.82) is 0 Å². The number of rotatable bonds is 3. The molecule has 2 atom stereocenters. The third kappa shape index (κ3) is 3.03. The first-order chi connectivity index (χ1) is 8.18. The van der Waals surface area contributed by atoms with Crippen LogP contribution in [-0.2, 0) is 0 Å². The zero-order valence-corrected chi connectivity index (χ0v) is 12.0. The van der Waals surface area contributed by atoms with Crippen molar-refractivity contribution in [2.75, 3.05) is 20.1 Å². The molecule has 1 heterocycles. The number of piperidine rings is 1. The van der Waals surface area contributed by atoms with Gasteiger partial charge in [0, 0.05) is 12.1 Å². The van der Waals surface area contributed by atoms with Gasteiger partial charge in [-0.2, -0.15) is 0 Å². The Kier molecular flexibility index (Phi) is 4.48. The van der Waals surface area contributed by atoms with E-state index in [1.165, 1.54) is 58.0 Å². The van der Waals surface area contributed by atoms with E-state index in [9.17, 15) is 0 Å². The van der Waals surface area contributed by atoms with E-state index in [1.54, 1.807) is 0 Å². The summed E-state index contributed by atoms with van der Waals surface area (Å²) in [6.07, 6.45) is 9.79. The van der Waals surface area contributed by atoms with Crippen LogP contribution in [0.1, 0.15) is 58.8 Å². The highest BCUT2D eigenvalue weighted by atomic mass is 15.2. The molecule has 0 aromatic carbocycles. The zero-order chi connectivity index (χ0) is 12.3. The molecule has 2 aliphatic rings. The Hall–Kier alpha value is -0.0800. The van der Waals surface area contributed by atoms with Crippen LogP contribution in [-0.4, -0.2) is 37.1 Å². The van der Waals surface area contributed by atoms with E-state index in [4.69, 9.17) is 0 Å². The summed E-state index contributed by atoms with van der Waals surface area (Å²) < 4.78 is 0. The molecule has 1 saturated heterocycles. The van der Waals surface area contributed by atoms with Gasteiger partial charge in [0.05, 0.1) is 0 Å². The number of nitrogens with zero attached hydrogens (tertiary/aromatic N) is 1. The molecule has 0 aromatic heterocycles. The first-order valence-corrected chi connectivity index (χ1v) is 7.60. The van der Waals surface area contributed by atoms with E-state index in [0.717, 1.165) is 12.1 Å². The van der Waals surface area contributed by atoms with E-state index < -0.39 is 0 Å². The van der Waals surface area contributed by atoms with E-state index in [0.29, 0.717) is 5.41 Å². The molecule has 1 saturated carbocycles. The van der Waals surface area contributed by atoms with Crippen molar-refractivity contribution in [2.45, 2.75) is 70.9 Å². The molecule has 1 N–H and O–H groups in total. The Bertz CT molecular complexity index is 231. The van der Waals surface area contributed by atoms with Crippen LogP contribution >= 0.6 is 0 Å². The summed E-state index contributed by atoms with van der Waals surface area (Å²) in [5, 5.41) is 3.54. The monoisotopic (exact) mass is 238 g/mol. The molecule has 1 aliphatic carbocycles. The lowest BCUT2D eigenvalue weighted by atomic mass is 9.77. The normalized spacial score (nSPS) is 34.8. The minimum absolute atomic E-state index is 0.625. The molecular weight excluding hydrogens is 208 g/mol. The largest absolute Gasteiger partial charge is 0.315 e. The highest BCUT2D eigenvalue weighted by molar-refractivity contribution is 4.91. The molecule has 0 bridgehead atoms. The highest BCUT2D eigenvalue weighted by Gasteiger charge is 2.34. The Balaban J connectivity index is 1.90. The summed E-state index contributed by atoms with van der Waals surface area (Å²) in [7, 11) is 2.14. The maximum atomic E-state index is 3.54. The quantitative estimate of drug-likeness (QED) is 0.813. The Morgan fingerprint density at radius 3 is 2.41 bits per heavy atom. The lowest BCUT2D eigenvalue weighted by Gasteiger charge is -2.46. The van der Waals surface area contributed by atoms with Crippen molar-refractivity contribution in [3.05, 3.63) is 0 Å². The first kappa shape index (κ1) is 13.4. The van der Waals surface area contributed by atoms with Crippen LogP contribution in [0, 0.1) is 5.41 Å². The van der Waals surface area contributed by atoms with E-state index in [-0.39, 0.29) is 0 Å². The van der Waals surface area contributed by atoms with Crippen molar-refractivity contribution in [3.8, 4) is 0 Å². The number of nitrogens with one attached hydrogen (secondary N) is 1. The topological polar surface area (TPSA) is 15.3 Å². The smallest absolute Gasteiger partial charge is 0.0249 e. The predicted molar refractivity (Wildman–Crippen MR) is 74.3 cm³/mol. The summed E-state index contributed by atoms with van der Waals surface area (Å²) in [5.41, 5.74) is 0.625. The number of likely N-dealkylation sites (tertiary alicyclic amines) is 1. The second kappa shape index (κ2) is 5.71. The molecule has 1 aliphatic heterocycles. The van der Waals surface area contributed by atoms with Gasteiger partial charge in [0.1, 0.15) is 0 Å². The SMILES string of the molecule is CCC1(C)CCN(C2CCCCC2NC)CC1. The molecular formula is C15H30N2. The van der Waals surface area contributed by atoms with Gasteiger partial charge >= 0.3 is 0 Å². The molecule has 2 unspecified atom stereocenters. The van der Waals surface area contributed by atoms with E-state index >= 15 is 0 Å². The third-order valence-corrected chi connectivity index (χ3v) is 5.43. The van der Waals surface area contributed by atoms with Crippen molar-refractivity contribution < 1.29 is 0 Å². The minimum atomic E-state index is 0.625. The summed E-state index contributed by atoms with van der Waals surface area (Å²) in [6, 6.07) is 1.56. The molecule has 2 heteroatoms.